The highest BCUT2D eigenvalue weighted by molar-refractivity contribution is 5.87. The molecule has 0 bridgehead atoms. The number of rotatable bonds is 4. The van der Waals surface area contributed by atoms with Gasteiger partial charge in [0.15, 0.2) is 0 Å². The minimum absolute atomic E-state index is 0.0557. The van der Waals surface area contributed by atoms with Crippen molar-refractivity contribution in [3.63, 3.8) is 0 Å². The molecule has 1 heterocycles. The van der Waals surface area contributed by atoms with E-state index in [-0.39, 0.29) is 18.4 Å². The molecule has 2 atom stereocenters. The summed E-state index contributed by atoms with van der Waals surface area (Å²) in [5.74, 6) is -0.767. The standard InChI is InChI=1S/C10H19N3O3/c1-2-7-6-16-4-3-13(7)10(15)8(11)5-9(12)14/h7-8H,2-6,11H2,1H3,(H2,12,14). The number of primary amides is 1. The van der Waals surface area contributed by atoms with Gasteiger partial charge in [0.05, 0.1) is 31.7 Å². The van der Waals surface area contributed by atoms with Gasteiger partial charge in [-0.15, -0.1) is 0 Å². The molecule has 16 heavy (non-hydrogen) atoms. The summed E-state index contributed by atoms with van der Waals surface area (Å²) in [7, 11) is 0. The highest BCUT2D eigenvalue weighted by Gasteiger charge is 2.29. The summed E-state index contributed by atoms with van der Waals surface area (Å²) in [5.41, 5.74) is 10.6. The zero-order valence-corrected chi connectivity index (χ0v) is 9.52. The van der Waals surface area contributed by atoms with Crippen LogP contribution in [-0.4, -0.2) is 48.6 Å². The van der Waals surface area contributed by atoms with Gasteiger partial charge in [-0.3, -0.25) is 9.59 Å². The van der Waals surface area contributed by atoms with Crippen molar-refractivity contribution >= 4 is 11.8 Å². The number of nitrogens with zero attached hydrogens (tertiary/aromatic N) is 1. The topological polar surface area (TPSA) is 98.7 Å². The minimum atomic E-state index is -0.829. The first-order chi connectivity index (χ1) is 7.56. The third-order valence-corrected chi connectivity index (χ3v) is 2.72. The SMILES string of the molecule is CCC1COCCN1C(=O)C(N)CC(N)=O. The van der Waals surface area contributed by atoms with Gasteiger partial charge in [-0.1, -0.05) is 6.92 Å². The Kier molecular flexibility index (Phi) is 4.70. The van der Waals surface area contributed by atoms with E-state index in [4.69, 9.17) is 16.2 Å². The van der Waals surface area contributed by atoms with E-state index in [9.17, 15) is 9.59 Å². The first kappa shape index (κ1) is 12.9. The lowest BCUT2D eigenvalue weighted by atomic mass is 10.1. The van der Waals surface area contributed by atoms with Gasteiger partial charge in [0.25, 0.3) is 0 Å². The zero-order valence-electron chi connectivity index (χ0n) is 9.52. The molecular weight excluding hydrogens is 210 g/mol. The average Bonchev–Trinajstić information content (AvgIpc) is 2.27. The second kappa shape index (κ2) is 5.81. The molecule has 1 aliphatic heterocycles. The molecule has 6 heteroatoms. The molecule has 1 fully saturated rings. The molecule has 0 spiro atoms. The summed E-state index contributed by atoms with van der Waals surface area (Å²) < 4.78 is 5.29. The number of carbonyl (C=O) groups excluding carboxylic acids is 2. The van der Waals surface area contributed by atoms with Crippen LogP contribution < -0.4 is 11.5 Å². The Morgan fingerprint density at radius 2 is 2.25 bits per heavy atom. The molecule has 0 aromatic heterocycles. The van der Waals surface area contributed by atoms with Gasteiger partial charge in [-0.2, -0.15) is 0 Å². The lowest BCUT2D eigenvalue weighted by Crippen LogP contribution is -2.54. The van der Waals surface area contributed by atoms with E-state index >= 15 is 0 Å². The van der Waals surface area contributed by atoms with Gasteiger partial charge in [0.1, 0.15) is 0 Å². The Labute approximate surface area is 94.9 Å². The van der Waals surface area contributed by atoms with Crippen molar-refractivity contribution in [1.82, 2.24) is 4.90 Å². The van der Waals surface area contributed by atoms with Crippen molar-refractivity contribution in [3.05, 3.63) is 0 Å². The minimum Gasteiger partial charge on any atom is -0.377 e. The highest BCUT2D eigenvalue weighted by atomic mass is 16.5. The van der Waals surface area contributed by atoms with Crippen molar-refractivity contribution < 1.29 is 14.3 Å². The van der Waals surface area contributed by atoms with Crippen molar-refractivity contribution in [2.24, 2.45) is 11.5 Å². The summed E-state index contributed by atoms with van der Waals surface area (Å²) in [4.78, 5) is 24.3. The van der Waals surface area contributed by atoms with Crippen LogP contribution in [0.15, 0.2) is 0 Å². The van der Waals surface area contributed by atoms with Gasteiger partial charge in [0.2, 0.25) is 11.8 Å². The first-order valence-corrected chi connectivity index (χ1v) is 5.48. The third kappa shape index (κ3) is 3.18. The second-order valence-electron chi connectivity index (χ2n) is 3.95. The third-order valence-electron chi connectivity index (χ3n) is 2.72. The average molecular weight is 229 g/mol. The van der Waals surface area contributed by atoms with Crippen LogP contribution in [0.1, 0.15) is 19.8 Å². The summed E-state index contributed by atoms with van der Waals surface area (Å²) in [5, 5.41) is 0. The Morgan fingerprint density at radius 3 is 2.81 bits per heavy atom. The summed E-state index contributed by atoms with van der Waals surface area (Å²) in [6, 6.07) is -0.773. The van der Waals surface area contributed by atoms with Gasteiger partial charge >= 0.3 is 0 Å². The summed E-state index contributed by atoms with van der Waals surface area (Å²) >= 11 is 0. The van der Waals surface area contributed by atoms with Crippen LogP contribution in [-0.2, 0) is 14.3 Å². The predicted molar refractivity (Wildman–Crippen MR) is 58.4 cm³/mol. The van der Waals surface area contributed by atoms with Crippen LogP contribution >= 0.6 is 0 Å². The fourth-order valence-corrected chi connectivity index (χ4v) is 1.80. The number of hydrogen-bond donors (Lipinski definition) is 2. The van der Waals surface area contributed by atoms with Gasteiger partial charge in [0, 0.05) is 6.54 Å². The molecule has 0 saturated carbocycles. The fourth-order valence-electron chi connectivity index (χ4n) is 1.80. The first-order valence-electron chi connectivity index (χ1n) is 5.48. The van der Waals surface area contributed by atoms with Crippen LogP contribution in [0.4, 0.5) is 0 Å². The number of amides is 2. The van der Waals surface area contributed by atoms with Gasteiger partial charge in [-0.25, -0.2) is 0 Å². The Morgan fingerprint density at radius 1 is 1.56 bits per heavy atom. The quantitative estimate of drug-likeness (QED) is 0.634. The van der Waals surface area contributed by atoms with E-state index < -0.39 is 11.9 Å². The van der Waals surface area contributed by atoms with E-state index in [0.29, 0.717) is 19.8 Å². The largest absolute Gasteiger partial charge is 0.377 e. The van der Waals surface area contributed by atoms with Crippen molar-refractivity contribution in [2.75, 3.05) is 19.8 Å². The van der Waals surface area contributed by atoms with E-state index in [1.54, 1.807) is 4.90 Å². The monoisotopic (exact) mass is 229 g/mol. The maximum absolute atomic E-state index is 11.9. The molecule has 2 unspecified atom stereocenters. The lowest BCUT2D eigenvalue weighted by Gasteiger charge is -2.36. The summed E-state index contributed by atoms with van der Waals surface area (Å²) in [6.45, 7) is 3.57. The van der Waals surface area contributed by atoms with Crippen LogP contribution in [0, 0.1) is 0 Å². The van der Waals surface area contributed by atoms with Crippen molar-refractivity contribution in [2.45, 2.75) is 31.8 Å². The Hall–Kier alpha value is -1.14. The predicted octanol–water partition coefficient (Wildman–Crippen LogP) is -1.17. The van der Waals surface area contributed by atoms with Gasteiger partial charge < -0.3 is 21.1 Å². The molecule has 0 aromatic carbocycles. The molecule has 1 rings (SSSR count). The molecule has 6 nitrogen and oxygen atoms in total. The Bertz CT molecular complexity index is 270. The van der Waals surface area contributed by atoms with Crippen LogP contribution in [0.2, 0.25) is 0 Å². The van der Waals surface area contributed by atoms with Crippen molar-refractivity contribution in [1.29, 1.82) is 0 Å². The molecule has 1 saturated heterocycles. The number of morpholine rings is 1. The molecule has 92 valence electrons. The molecule has 0 aromatic rings. The van der Waals surface area contributed by atoms with E-state index in [1.807, 2.05) is 6.92 Å². The zero-order chi connectivity index (χ0) is 12.1. The summed E-state index contributed by atoms with van der Waals surface area (Å²) in [6.07, 6.45) is 0.710. The van der Waals surface area contributed by atoms with Crippen LogP contribution in [0.25, 0.3) is 0 Å². The molecule has 4 N–H and O–H groups in total. The molecule has 0 radical (unpaired) electrons. The van der Waals surface area contributed by atoms with Crippen LogP contribution in [0.5, 0.6) is 0 Å². The number of hydrogen-bond acceptors (Lipinski definition) is 4. The number of carbonyl (C=O) groups is 2. The Balaban J connectivity index is 2.59. The smallest absolute Gasteiger partial charge is 0.240 e. The highest BCUT2D eigenvalue weighted by Crippen LogP contribution is 2.12. The van der Waals surface area contributed by atoms with Gasteiger partial charge in [-0.05, 0) is 6.42 Å². The second-order valence-corrected chi connectivity index (χ2v) is 3.95. The maximum atomic E-state index is 11.9. The van der Waals surface area contributed by atoms with Crippen molar-refractivity contribution in [3.8, 4) is 0 Å². The molecular formula is C10H19N3O3. The van der Waals surface area contributed by atoms with Crippen LogP contribution in [0.3, 0.4) is 0 Å². The van der Waals surface area contributed by atoms with E-state index in [2.05, 4.69) is 0 Å². The van der Waals surface area contributed by atoms with E-state index in [0.717, 1.165) is 6.42 Å². The number of nitrogens with two attached hydrogens (primary N) is 2. The molecule has 2 amide bonds. The fraction of sp³-hybridized carbons (Fsp3) is 0.800. The normalized spacial score (nSPS) is 22.9. The molecule has 0 aliphatic carbocycles. The molecule has 1 aliphatic rings. The maximum Gasteiger partial charge on any atom is 0.240 e. The van der Waals surface area contributed by atoms with E-state index in [1.165, 1.54) is 0 Å². The number of ether oxygens (including phenoxy) is 1. The lowest BCUT2D eigenvalue weighted by molar-refractivity contribution is -0.142.